The summed E-state index contributed by atoms with van der Waals surface area (Å²) in [6.45, 7) is 16.6. The molecule has 143 heavy (non-hydrogen) atoms. The Balaban J connectivity index is 0.0000000900. The summed E-state index contributed by atoms with van der Waals surface area (Å²) in [6, 6.07) is 13.3. The van der Waals surface area contributed by atoms with Gasteiger partial charge in [0.15, 0.2) is 0 Å². The first-order valence-corrected chi connectivity index (χ1v) is 57.8. The molecule has 7 N–H and O–H groups in total. The lowest BCUT2D eigenvalue weighted by atomic mass is 9.45. The van der Waals surface area contributed by atoms with Gasteiger partial charge in [0.05, 0.1) is 111 Å². The highest BCUT2D eigenvalue weighted by Crippen LogP contribution is 2.81. The molecule has 18 heteroatoms. The largest absolute Gasteiger partial charge is 0.469 e. The average molecular weight is 1960 g/mol. The lowest BCUT2D eigenvalue weighted by Gasteiger charge is -2.59. The lowest BCUT2D eigenvalue weighted by molar-refractivity contribution is -0.0943. The van der Waals surface area contributed by atoms with Crippen LogP contribution in [0.5, 0.6) is 0 Å². The summed E-state index contributed by atoms with van der Waals surface area (Å²) in [4.78, 5) is 0. The zero-order valence-electron chi connectivity index (χ0n) is 88.6. The molecule has 24 aliphatic rings. The zero-order chi connectivity index (χ0) is 98.8. The van der Waals surface area contributed by atoms with Gasteiger partial charge in [-0.2, -0.15) is 0 Å². The molecule has 0 aromatic carbocycles. The van der Waals surface area contributed by atoms with Crippen LogP contribution in [0.2, 0.25) is 0 Å². The first-order valence-electron chi connectivity index (χ1n) is 57.8. The molecule has 0 aliphatic heterocycles. The van der Waals surface area contributed by atoms with Crippen molar-refractivity contribution in [2.75, 3.05) is 75.2 Å². The maximum absolute atomic E-state index is 11.3. The van der Waals surface area contributed by atoms with Crippen molar-refractivity contribution in [2.24, 2.45) is 136 Å². The molecule has 0 radical (unpaired) electrons. The maximum Gasteiger partial charge on any atom is 0.129 e. The SMILES string of the molecule is COC[C@@]1(O)C[C@@]23CC[C@@H]4c5ccoc5CC[C@@]4(C)[C@@H]2CC[C@@H]1C3.COC[C@@]1(OC)C[C@@]23CC[C@@H]4c5ccoc5CC[C@@]4(C)[C@@H]2CC[C@@H]1C3.CO[C@]1(CO)C[C@@]23CC[C@@H]4c5ccoc5C=C[C@@]4(C)[C@@H]2CC[C@@H]1C3.CO[C@]1(CO)C[C@@]23CC[C@@H]4c5ccoc5CC[C@@]4(C)[C@@H]2CC[C@@H]1C3.C[C@@]12C=Cc3occc3[C@H]1CC[C@@]13C[C@@H](CC[C@H]12)[C@@](O)(CO)C3.C[C@@]12CCc3occc3[C@H]1CC[C@@]13C[C@@H](CC[C@H]12)[C@@](O)(CO)C3. The normalized spacial score (nSPS) is 49.4. The van der Waals surface area contributed by atoms with E-state index in [0.29, 0.717) is 139 Å². The van der Waals surface area contributed by atoms with Crippen LogP contribution in [0.4, 0.5) is 0 Å². The van der Waals surface area contributed by atoms with Crippen LogP contribution in [0, 0.1) is 136 Å². The van der Waals surface area contributed by atoms with Crippen LogP contribution in [-0.4, -0.2) is 145 Å². The molecule has 6 aromatic rings. The number of aryl methyl sites for hydroxylation is 4. The van der Waals surface area contributed by atoms with E-state index in [4.69, 9.17) is 50.2 Å². The van der Waals surface area contributed by atoms with Crippen LogP contribution < -0.4 is 0 Å². The van der Waals surface area contributed by atoms with E-state index in [9.17, 15) is 35.7 Å². The smallest absolute Gasteiger partial charge is 0.129 e. The third kappa shape index (κ3) is 14.1. The fraction of sp³-hybridized carbons (Fsp3) is 0.776. The Morgan fingerprint density at radius 2 is 0.538 bits per heavy atom. The van der Waals surface area contributed by atoms with Crippen molar-refractivity contribution in [1.82, 2.24) is 0 Å². The summed E-state index contributed by atoms with van der Waals surface area (Å²) >= 11 is 0. The predicted octanol–water partition coefficient (Wildman–Crippen LogP) is 25.3. The van der Waals surface area contributed by atoms with Crippen LogP contribution in [0.25, 0.3) is 12.2 Å². The van der Waals surface area contributed by atoms with Crippen LogP contribution in [0.1, 0.15) is 402 Å². The average Bonchev–Trinajstić information content (AvgIpc) is 1.59. The summed E-state index contributed by atoms with van der Waals surface area (Å²) in [5, 5.41) is 72.9. The lowest BCUT2D eigenvalue weighted by Crippen LogP contribution is -2.51. The fourth-order valence-corrected chi connectivity index (χ4v) is 45.4. The second kappa shape index (κ2) is 34.6. The Bertz CT molecular complexity index is 5730. The molecule has 36 atom stereocenters. The third-order valence-corrected chi connectivity index (χ3v) is 51.2. The highest BCUT2D eigenvalue weighted by Gasteiger charge is 2.74. The van der Waals surface area contributed by atoms with E-state index in [1.807, 2.05) is 58.9 Å². The van der Waals surface area contributed by atoms with Crippen molar-refractivity contribution in [3.63, 3.8) is 0 Å². The highest BCUT2D eigenvalue weighted by atomic mass is 16.5. The number of aliphatic hydroxyl groups is 7. The maximum atomic E-state index is 11.3. The van der Waals surface area contributed by atoms with Crippen molar-refractivity contribution in [2.45, 2.75) is 393 Å². The van der Waals surface area contributed by atoms with Gasteiger partial charge in [-0.3, -0.25) is 0 Å². The van der Waals surface area contributed by atoms with E-state index in [1.54, 1.807) is 14.2 Å². The number of ether oxygens (including phenoxy) is 5. The van der Waals surface area contributed by atoms with Gasteiger partial charge >= 0.3 is 0 Å². The third-order valence-electron chi connectivity index (χ3n) is 51.2. The number of allylic oxidation sites excluding steroid dienone is 2. The van der Waals surface area contributed by atoms with Crippen LogP contribution >= 0.6 is 0 Å². The Hall–Kier alpha value is -5.32. The van der Waals surface area contributed by atoms with E-state index in [0.717, 1.165) is 126 Å². The molecule has 0 amide bonds. The van der Waals surface area contributed by atoms with E-state index in [1.165, 1.54) is 249 Å². The minimum Gasteiger partial charge on any atom is -0.469 e. The zero-order valence-corrected chi connectivity index (χ0v) is 88.6. The second-order valence-electron chi connectivity index (χ2n) is 55.7. The van der Waals surface area contributed by atoms with Crippen LogP contribution in [0.3, 0.4) is 0 Å². The van der Waals surface area contributed by atoms with E-state index < -0.39 is 16.8 Å². The molecule has 18 fully saturated rings. The Morgan fingerprint density at radius 3 is 0.867 bits per heavy atom. The number of methoxy groups -OCH3 is 5. The van der Waals surface area contributed by atoms with E-state index in [2.05, 4.69) is 102 Å². The minimum absolute atomic E-state index is 0.0395. The Kier molecular flexibility index (Phi) is 23.8. The van der Waals surface area contributed by atoms with Gasteiger partial charge in [0.1, 0.15) is 34.6 Å². The minimum atomic E-state index is -0.836. The molecule has 6 heterocycles. The molecule has 12 bridgehead atoms. The molecule has 6 spiro atoms. The van der Waals surface area contributed by atoms with Gasteiger partial charge < -0.3 is 85.9 Å². The molecule has 18 nitrogen and oxygen atoms in total. The molecular formula is C125H174O18. The summed E-state index contributed by atoms with van der Waals surface area (Å²) < 4.78 is 63.5. The number of rotatable bonds is 11. The van der Waals surface area contributed by atoms with Crippen molar-refractivity contribution in [1.29, 1.82) is 0 Å². The second-order valence-corrected chi connectivity index (χ2v) is 55.7. The number of aliphatic hydroxyl groups excluding tert-OH is 4. The van der Waals surface area contributed by atoms with Gasteiger partial charge in [0.2, 0.25) is 0 Å². The molecule has 18 saturated carbocycles. The van der Waals surface area contributed by atoms with E-state index in [-0.39, 0.29) is 64.9 Å². The first-order chi connectivity index (χ1) is 68.7. The van der Waals surface area contributed by atoms with Gasteiger partial charge in [-0.25, -0.2) is 0 Å². The molecular weight excluding hydrogens is 1790 g/mol. The molecule has 782 valence electrons. The summed E-state index contributed by atoms with van der Waals surface area (Å²) in [5.41, 5.74) is 9.88. The summed E-state index contributed by atoms with van der Waals surface area (Å²) in [6.07, 6.45) is 72.8. The first kappa shape index (κ1) is 98.4. The monoisotopic (exact) mass is 1960 g/mol. The summed E-state index contributed by atoms with van der Waals surface area (Å²) in [5.74, 6) is 18.0. The number of hydrogen-bond donors (Lipinski definition) is 7. The molecule has 24 aliphatic carbocycles. The number of hydrogen-bond acceptors (Lipinski definition) is 18. The van der Waals surface area contributed by atoms with Crippen molar-refractivity contribution >= 4 is 12.2 Å². The number of furan rings is 6. The summed E-state index contributed by atoms with van der Waals surface area (Å²) in [7, 11) is 9.09. The van der Waals surface area contributed by atoms with Crippen LogP contribution in [-0.2, 0) is 49.4 Å². The van der Waals surface area contributed by atoms with Crippen molar-refractivity contribution in [3.8, 4) is 0 Å². The standard InChI is InChI=1S/C22H32O3.2C21H30O3.C21H28O3.C20H28O3.C20H26O3/c1-20-9-7-18-16(8-11-25-18)17(20)6-10-21-12-15(4-5-19(20)21)22(13-21,24-3)14-23-2;1-19-8-6-17-15(7-10-24-17)16(19)5-9-20-11-14(3-4-18(19)20)21(22,12-20)13-23-2;2*1-19-8-6-17-15(7-10-24-17)16(19)5-9-20-11-14(3-4-18(19)20)21(12-20,13-22)23-2;2*1-18-7-5-16-14(6-9-23-16)15(18)4-8-19-10-13(2-3-17(18)19)20(22,11-19)12-21/h8,11,15,17,19H,4-7,9-10,12-14H2,1-3H3;2*7,10,14,16,18,22H,3-6,8-9,11-13H2,1-2H3;6-8,10,14,16,18,22H,3-5,9,11-13H2,1-2H3;6,9,13,15,17,21-22H,2-5,7-8,10-12H2,1H3;5-7,9,13,15,17,21-22H,2-4,8,10-12H2,1H3/t15-,17-,19+,20-,21+,22+;3*14-,16-,18+,19-,20+,21+;2*13-,15-,17+,18-,19+,20+/m111111/s1. The van der Waals surface area contributed by atoms with Crippen molar-refractivity contribution < 1.29 is 85.9 Å². The predicted molar refractivity (Wildman–Crippen MR) is 548 cm³/mol. The van der Waals surface area contributed by atoms with Gasteiger partial charge in [0, 0.05) is 72.4 Å². The van der Waals surface area contributed by atoms with E-state index >= 15 is 0 Å². The molecule has 0 unspecified atom stereocenters. The van der Waals surface area contributed by atoms with Crippen molar-refractivity contribution in [3.05, 3.63) is 154 Å². The van der Waals surface area contributed by atoms with Gasteiger partial charge in [-0.05, 0) is 499 Å². The Labute approximate surface area is 851 Å². The molecule has 6 aromatic heterocycles. The Morgan fingerprint density at radius 1 is 0.273 bits per heavy atom. The van der Waals surface area contributed by atoms with Crippen LogP contribution in [0.15, 0.2) is 113 Å². The fourth-order valence-electron chi connectivity index (χ4n) is 45.4. The molecule has 30 rings (SSSR count). The van der Waals surface area contributed by atoms with Gasteiger partial charge in [0.25, 0.3) is 0 Å². The number of fused-ring (bicyclic) bond motifs is 30. The highest BCUT2D eigenvalue weighted by molar-refractivity contribution is 5.57. The van der Waals surface area contributed by atoms with Gasteiger partial charge in [-0.15, -0.1) is 0 Å². The molecule has 0 saturated heterocycles. The van der Waals surface area contributed by atoms with Gasteiger partial charge in [-0.1, -0.05) is 53.7 Å². The quantitative estimate of drug-likeness (QED) is 0.0635. The topological polar surface area (TPSA) is 267 Å².